The lowest BCUT2D eigenvalue weighted by atomic mass is 10.3. The van der Waals surface area contributed by atoms with Gasteiger partial charge in [-0.25, -0.2) is 22.8 Å². The van der Waals surface area contributed by atoms with Crippen molar-refractivity contribution in [1.82, 2.24) is 9.97 Å². The van der Waals surface area contributed by atoms with E-state index in [4.69, 9.17) is 4.74 Å². The van der Waals surface area contributed by atoms with Gasteiger partial charge in [0.05, 0.1) is 12.4 Å². The van der Waals surface area contributed by atoms with Crippen molar-refractivity contribution in [3.05, 3.63) is 42.5 Å². The van der Waals surface area contributed by atoms with Gasteiger partial charge in [0.1, 0.15) is 11.6 Å². The summed E-state index contributed by atoms with van der Waals surface area (Å²) in [5.74, 6) is 0.0832. The molecule has 0 atom stereocenters. The summed E-state index contributed by atoms with van der Waals surface area (Å²) in [5.41, 5.74) is 0. The molecular formula is C11H9FN2O3S. The normalized spacial score (nSPS) is 11.2. The molecule has 0 aliphatic rings. The number of halogens is 1. The van der Waals surface area contributed by atoms with E-state index in [0.29, 0.717) is 0 Å². The SMILES string of the molecule is CS(=O)(=O)c1ncc(Oc2cccc(F)c2)cn1. The molecule has 2 rings (SSSR count). The van der Waals surface area contributed by atoms with E-state index < -0.39 is 15.7 Å². The van der Waals surface area contributed by atoms with Crippen LogP contribution in [0.25, 0.3) is 0 Å². The predicted octanol–water partition coefficient (Wildman–Crippen LogP) is 1.81. The van der Waals surface area contributed by atoms with Gasteiger partial charge in [-0.15, -0.1) is 0 Å². The molecular weight excluding hydrogens is 259 g/mol. The molecule has 0 unspecified atom stereocenters. The number of aromatic nitrogens is 2. The minimum Gasteiger partial charge on any atom is -0.454 e. The van der Waals surface area contributed by atoms with Crippen molar-refractivity contribution in [2.75, 3.05) is 6.26 Å². The first-order valence-electron chi connectivity index (χ1n) is 4.91. The van der Waals surface area contributed by atoms with Gasteiger partial charge >= 0.3 is 0 Å². The smallest absolute Gasteiger partial charge is 0.246 e. The van der Waals surface area contributed by atoms with Gasteiger partial charge in [-0.1, -0.05) is 6.07 Å². The van der Waals surface area contributed by atoms with Crippen LogP contribution >= 0.6 is 0 Å². The van der Waals surface area contributed by atoms with Gasteiger partial charge in [-0.3, -0.25) is 0 Å². The maximum Gasteiger partial charge on any atom is 0.246 e. The lowest BCUT2D eigenvalue weighted by molar-refractivity contribution is 0.469. The van der Waals surface area contributed by atoms with Gasteiger partial charge in [0.2, 0.25) is 15.0 Å². The van der Waals surface area contributed by atoms with E-state index in [9.17, 15) is 12.8 Å². The third kappa shape index (κ3) is 3.01. The summed E-state index contributed by atoms with van der Waals surface area (Å²) >= 11 is 0. The first-order valence-corrected chi connectivity index (χ1v) is 6.80. The summed E-state index contributed by atoms with van der Waals surface area (Å²) in [6, 6.07) is 5.55. The lowest BCUT2D eigenvalue weighted by Gasteiger charge is -2.04. The predicted molar refractivity (Wildman–Crippen MR) is 61.6 cm³/mol. The average Bonchev–Trinajstić information content (AvgIpc) is 2.28. The Bertz CT molecular complexity index is 656. The van der Waals surface area contributed by atoms with Crippen LogP contribution in [0.4, 0.5) is 4.39 Å². The summed E-state index contributed by atoms with van der Waals surface area (Å²) in [6.45, 7) is 0. The summed E-state index contributed by atoms with van der Waals surface area (Å²) in [6.07, 6.45) is 3.44. The van der Waals surface area contributed by atoms with Gasteiger partial charge in [-0.05, 0) is 12.1 Å². The molecule has 0 N–H and O–H groups in total. The molecule has 0 spiro atoms. The summed E-state index contributed by atoms with van der Waals surface area (Å²) < 4.78 is 40.4. The minimum atomic E-state index is -3.44. The molecule has 0 bridgehead atoms. The highest BCUT2D eigenvalue weighted by atomic mass is 32.2. The van der Waals surface area contributed by atoms with Gasteiger partial charge in [0, 0.05) is 12.3 Å². The van der Waals surface area contributed by atoms with Gasteiger partial charge in [0.25, 0.3) is 0 Å². The molecule has 0 saturated heterocycles. The van der Waals surface area contributed by atoms with Crippen molar-refractivity contribution >= 4 is 9.84 Å². The summed E-state index contributed by atoms with van der Waals surface area (Å²) in [4.78, 5) is 7.30. The zero-order chi connectivity index (χ0) is 13.2. The van der Waals surface area contributed by atoms with Crippen LogP contribution in [0.15, 0.2) is 41.8 Å². The van der Waals surface area contributed by atoms with E-state index in [-0.39, 0.29) is 16.7 Å². The van der Waals surface area contributed by atoms with Crippen LogP contribution in [0.2, 0.25) is 0 Å². The molecule has 0 aliphatic heterocycles. The number of ether oxygens (including phenoxy) is 1. The second kappa shape index (κ2) is 4.69. The average molecular weight is 268 g/mol. The Morgan fingerprint density at radius 2 is 1.83 bits per heavy atom. The number of benzene rings is 1. The Labute approximate surface area is 103 Å². The van der Waals surface area contributed by atoms with Crippen LogP contribution in [-0.4, -0.2) is 24.6 Å². The van der Waals surface area contributed by atoms with Crippen molar-refractivity contribution in [3.8, 4) is 11.5 Å². The van der Waals surface area contributed by atoms with E-state index in [1.807, 2.05) is 0 Å². The Balaban J connectivity index is 2.21. The third-order valence-electron chi connectivity index (χ3n) is 1.97. The van der Waals surface area contributed by atoms with E-state index in [1.54, 1.807) is 6.07 Å². The van der Waals surface area contributed by atoms with Crippen LogP contribution in [0.1, 0.15) is 0 Å². The number of sulfone groups is 1. The highest BCUT2D eigenvalue weighted by Crippen LogP contribution is 2.20. The standard InChI is InChI=1S/C11H9FN2O3S/c1-18(15,16)11-13-6-10(7-14-11)17-9-4-2-3-8(12)5-9/h2-7H,1H3. The number of nitrogens with zero attached hydrogens (tertiary/aromatic N) is 2. The Hall–Kier alpha value is -2.02. The minimum absolute atomic E-state index is 0.230. The first-order chi connectivity index (χ1) is 8.45. The van der Waals surface area contributed by atoms with Crippen LogP contribution in [0.5, 0.6) is 11.5 Å². The highest BCUT2D eigenvalue weighted by molar-refractivity contribution is 7.90. The molecule has 5 nitrogen and oxygen atoms in total. The molecule has 7 heteroatoms. The quantitative estimate of drug-likeness (QED) is 0.794. The molecule has 0 saturated carbocycles. The fraction of sp³-hybridized carbons (Fsp3) is 0.0909. The van der Waals surface area contributed by atoms with Crippen molar-refractivity contribution in [2.24, 2.45) is 0 Å². The first kappa shape index (κ1) is 12.4. The maximum absolute atomic E-state index is 12.9. The highest BCUT2D eigenvalue weighted by Gasteiger charge is 2.10. The topological polar surface area (TPSA) is 69.2 Å². The second-order valence-corrected chi connectivity index (χ2v) is 5.44. The molecule has 18 heavy (non-hydrogen) atoms. The lowest BCUT2D eigenvalue weighted by Crippen LogP contribution is -2.03. The van der Waals surface area contributed by atoms with Crippen LogP contribution in [0, 0.1) is 5.82 Å². The Morgan fingerprint density at radius 1 is 1.17 bits per heavy atom. The second-order valence-electron chi connectivity index (χ2n) is 3.53. The fourth-order valence-electron chi connectivity index (χ4n) is 1.22. The molecule has 0 fully saturated rings. The molecule has 94 valence electrons. The van der Waals surface area contributed by atoms with E-state index >= 15 is 0 Å². The van der Waals surface area contributed by atoms with Gasteiger partial charge in [0.15, 0.2) is 5.75 Å². The Kier molecular flexibility index (Phi) is 3.24. The number of hydrogen-bond donors (Lipinski definition) is 0. The molecule has 1 aromatic heterocycles. The van der Waals surface area contributed by atoms with E-state index in [0.717, 1.165) is 6.26 Å². The van der Waals surface area contributed by atoms with Gasteiger partial charge < -0.3 is 4.74 Å². The third-order valence-corrected chi connectivity index (χ3v) is 2.84. The Morgan fingerprint density at radius 3 is 2.39 bits per heavy atom. The molecule has 1 aromatic carbocycles. The molecule has 0 amide bonds. The van der Waals surface area contributed by atoms with Gasteiger partial charge in [-0.2, -0.15) is 0 Å². The van der Waals surface area contributed by atoms with E-state index in [1.165, 1.54) is 30.6 Å². The summed E-state index contributed by atoms with van der Waals surface area (Å²) in [7, 11) is -3.44. The molecule has 0 aliphatic carbocycles. The zero-order valence-corrected chi connectivity index (χ0v) is 10.2. The van der Waals surface area contributed by atoms with Crippen LogP contribution < -0.4 is 4.74 Å². The number of hydrogen-bond acceptors (Lipinski definition) is 5. The molecule has 2 aromatic rings. The van der Waals surface area contributed by atoms with Crippen molar-refractivity contribution in [3.63, 3.8) is 0 Å². The van der Waals surface area contributed by atoms with Crippen molar-refractivity contribution in [2.45, 2.75) is 5.16 Å². The number of rotatable bonds is 3. The summed E-state index contributed by atoms with van der Waals surface area (Å²) in [5, 5.41) is -0.283. The monoisotopic (exact) mass is 268 g/mol. The molecule has 1 heterocycles. The van der Waals surface area contributed by atoms with Crippen LogP contribution in [-0.2, 0) is 9.84 Å². The fourth-order valence-corrected chi connectivity index (χ4v) is 1.70. The van der Waals surface area contributed by atoms with Crippen molar-refractivity contribution < 1.29 is 17.5 Å². The molecule has 0 radical (unpaired) electrons. The largest absolute Gasteiger partial charge is 0.454 e. The van der Waals surface area contributed by atoms with Crippen LogP contribution in [0.3, 0.4) is 0 Å². The maximum atomic E-state index is 12.9. The zero-order valence-electron chi connectivity index (χ0n) is 9.37. The van der Waals surface area contributed by atoms with Crippen molar-refractivity contribution in [1.29, 1.82) is 0 Å². The van der Waals surface area contributed by atoms with E-state index in [2.05, 4.69) is 9.97 Å².